The molecule has 0 unspecified atom stereocenters. The lowest BCUT2D eigenvalue weighted by Crippen LogP contribution is -2.60. The van der Waals surface area contributed by atoms with Gasteiger partial charge in [-0.2, -0.15) is 0 Å². The van der Waals surface area contributed by atoms with Crippen molar-refractivity contribution in [2.75, 3.05) is 26.2 Å². The zero-order valence-electron chi connectivity index (χ0n) is 31.0. The number of carbonyl (C=O) groups is 6. The predicted molar refractivity (Wildman–Crippen MR) is 189 cm³/mol. The van der Waals surface area contributed by atoms with Crippen molar-refractivity contribution in [3.8, 4) is 0 Å². The van der Waals surface area contributed by atoms with Gasteiger partial charge in [0.25, 0.3) is 5.91 Å². The van der Waals surface area contributed by atoms with Crippen molar-refractivity contribution in [1.29, 1.82) is 0 Å². The Bertz CT molecular complexity index is 1230. The summed E-state index contributed by atoms with van der Waals surface area (Å²) in [5, 5.41) is 11.3. The van der Waals surface area contributed by atoms with Crippen LogP contribution in [0.1, 0.15) is 113 Å². The SMILES string of the molecule is C=CCNC(=O)C(=O)[C@H](CCCCCCC)NC(=O)[C@@H]1[C@@H]2[C@H](CN1C(=O)[C@H](CC)NC(=O)N[C@H](CN1CCCCC1=O)C(C)(C)C)C2(C)C. The third-order valence-electron chi connectivity index (χ3n) is 10.8. The Morgan fingerprint density at radius 1 is 0.980 bits per heavy atom. The van der Waals surface area contributed by atoms with E-state index in [9.17, 15) is 28.8 Å². The number of hydrogen-bond acceptors (Lipinski definition) is 6. The van der Waals surface area contributed by atoms with Crippen molar-refractivity contribution < 1.29 is 28.8 Å². The maximum Gasteiger partial charge on any atom is 0.315 e. The van der Waals surface area contributed by atoms with Crippen LogP contribution in [0.3, 0.4) is 0 Å². The van der Waals surface area contributed by atoms with Gasteiger partial charge in [0.15, 0.2) is 0 Å². The normalized spacial score (nSPS) is 23.1. The summed E-state index contributed by atoms with van der Waals surface area (Å²) in [5.41, 5.74) is -0.517. The fourth-order valence-corrected chi connectivity index (χ4v) is 7.41. The molecule has 3 fully saturated rings. The fraction of sp³-hybridized carbons (Fsp3) is 0.784. The van der Waals surface area contributed by atoms with Gasteiger partial charge < -0.3 is 31.1 Å². The molecule has 1 aliphatic carbocycles. The van der Waals surface area contributed by atoms with E-state index >= 15 is 0 Å². The quantitative estimate of drug-likeness (QED) is 0.0979. The van der Waals surface area contributed by atoms with Crippen LogP contribution >= 0.6 is 0 Å². The number of amides is 6. The van der Waals surface area contributed by atoms with Gasteiger partial charge in [0.05, 0.1) is 12.1 Å². The lowest BCUT2D eigenvalue weighted by atomic mass is 9.86. The van der Waals surface area contributed by atoms with Gasteiger partial charge in [-0.25, -0.2) is 4.79 Å². The molecule has 49 heavy (non-hydrogen) atoms. The highest BCUT2D eigenvalue weighted by atomic mass is 16.2. The van der Waals surface area contributed by atoms with E-state index in [0.717, 1.165) is 38.5 Å². The van der Waals surface area contributed by atoms with Crippen LogP contribution in [0.2, 0.25) is 0 Å². The smallest absolute Gasteiger partial charge is 0.315 e. The first-order valence-electron chi connectivity index (χ1n) is 18.5. The van der Waals surface area contributed by atoms with E-state index in [1.165, 1.54) is 6.08 Å². The molecular formula is C37H62N6O6. The second-order valence-corrected chi connectivity index (χ2v) is 15.8. The monoisotopic (exact) mass is 686 g/mol. The van der Waals surface area contributed by atoms with E-state index in [4.69, 9.17) is 0 Å². The molecule has 0 spiro atoms. The Kier molecular flexibility index (Phi) is 14.3. The van der Waals surface area contributed by atoms with Crippen LogP contribution in [0.4, 0.5) is 4.79 Å². The third-order valence-corrected chi connectivity index (χ3v) is 10.8. The lowest BCUT2D eigenvalue weighted by Gasteiger charge is -2.38. The van der Waals surface area contributed by atoms with Crippen LogP contribution in [0.15, 0.2) is 12.7 Å². The second-order valence-electron chi connectivity index (χ2n) is 15.8. The van der Waals surface area contributed by atoms with E-state index < -0.39 is 41.8 Å². The third kappa shape index (κ3) is 10.3. The van der Waals surface area contributed by atoms with Crippen LogP contribution in [0.5, 0.6) is 0 Å². The number of ketones is 1. The van der Waals surface area contributed by atoms with E-state index in [-0.39, 0.29) is 47.1 Å². The maximum absolute atomic E-state index is 14.1. The Labute approximate surface area is 293 Å². The molecule has 3 aliphatic rings. The minimum absolute atomic E-state index is 0.0852. The van der Waals surface area contributed by atoms with Crippen molar-refractivity contribution in [3.05, 3.63) is 12.7 Å². The second kappa shape index (κ2) is 17.5. The Morgan fingerprint density at radius 2 is 1.67 bits per heavy atom. The van der Waals surface area contributed by atoms with E-state index in [1.807, 2.05) is 20.8 Å². The van der Waals surface area contributed by atoms with Crippen molar-refractivity contribution in [1.82, 2.24) is 31.1 Å². The summed E-state index contributed by atoms with van der Waals surface area (Å²) in [7, 11) is 0. The van der Waals surface area contributed by atoms with Crippen molar-refractivity contribution >= 4 is 35.4 Å². The van der Waals surface area contributed by atoms with E-state index in [0.29, 0.717) is 45.3 Å². The molecule has 2 heterocycles. The van der Waals surface area contributed by atoms with Crippen LogP contribution < -0.4 is 21.3 Å². The predicted octanol–water partition coefficient (Wildman–Crippen LogP) is 3.69. The molecular weight excluding hydrogens is 624 g/mol. The number of nitrogens with one attached hydrogen (secondary N) is 4. The molecule has 6 amide bonds. The van der Waals surface area contributed by atoms with Crippen LogP contribution in [0.25, 0.3) is 0 Å². The molecule has 276 valence electrons. The summed E-state index contributed by atoms with van der Waals surface area (Å²) in [4.78, 5) is 83.2. The van der Waals surface area contributed by atoms with Crippen LogP contribution in [-0.2, 0) is 24.0 Å². The molecule has 12 heteroatoms. The number of nitrogens with zero attached hydrogens (tertiary/aromatic N) is 2. The van der Waals surface area contributed by atoms with Gasteiger partial charge in [0, 0.05) is 32.6 Å². The molecule has 2 saturated heterocycles. The number of Topliss-reactive ketones (excluding diaryl/α,β-unsaturated/α-hetero) is 1. The van der Waals surface area contributed by atoms with Gasteiger partial charge >= 0.3 is 6.03 Å². The van der Waals surface area contributed by atoms with Gasteiger partial charge in [-0.3, -0.25) is 24.0 Å². The summed E-state index contributed by atoms with van der Waals surface area (Å²) in [5.74, 6) is -2.21. The highest BCUT2D eigenvalue weighted by Gasteiger charge is 2.69. The molecule has 0 aromatic heterocycles. The molecule has 12 nitrogen and oxygen atoms in total. The van der Waals surface area contributed by atoms with Gasteiger partial charge in [0.1, 0.15) is 12.1 Å². The topological polar surface area (TPSA) is 157 Å². The number of rotatable bonds is 18. The van der Waals surface area contributed by atoms with Crippen molar-refractivity contribution in [3.63, 3.8) is 0 Å². The first-order chi connectivity index (χ1) is 23.1. The fourth-order valence-electron chi connectivity index (χ4n) is 7.41. The number of likely N-dealkylation sites (tertiary alicyclic amines) is 2. The van der Waals surface area contributed by atoms with Crippen LogP contribution in [0, 0.1) is 22.7 Å². The minimum atomic E-state index is -1.01. The average molecular weight is 687 g/mol. The lowest BCUT2D eigenvalue weighted by molar-refractivity contribution is -0.144. The standard InChI is InChI=1S/C37H62N6O6/c1-9-12-13-14-15-18-26(31(45)33(47)38-20-10-2)39-32(46)30-29-24(37(29,7)8)22-43(30)34(48)25(11-3)40-35(49)41-27(36(4,5)6)23-42-21-17-16-19-28(42)44/h10,24-27,29-30H,2,9,11-23H2,1,3-8H3,(H,38,47)(H,39,46)(H2,40,41,49)/t24-,25-,26-,27+,29-,30-/m0/s1. The first kappa shape index (κ1) is 40.0. The molecule has 0 aromatic carbocycles. The number of piperidine rings is 2. The largest absolute Gasteiger partial charge is 0.346 e. The van der Waals surface area contributed by atoms with E-state index in [1.54, 1.807) is 16.7 Å². The first-order valence-corrected chi connectivity index (χ1v) is 18.5. The molecule has 2 aliphatic heterocycles. The summed E-state index contributed by atoms with van der Waals surface area (Å²) < 4.78 is 0. The number of carbonyl (C=O) groups excluding carboxylic acids is 6. The number of fused-ring (bicyclic) bond motifs is 1. The summed E-state index contributed by atoms with van der Waals surface area (Å²) in [6.07, 6.45) is 9.13. The Hall–Kier alpha value is -3.44. The van der Waals surface area contributed by atoms with E-state index in [2.05, 4.69) is 48.6 Å². The summed E-state index contributed by atoms with van der Waals surface area (Å²) >= 11 is 0. The maximum atomic E-state index is 14.1. The highest BCUT2D eigenvalue weighted by Crippen LogP contribution is 2.65. The molecule has 6 atom stereocenters. The van der Waals surface area contributed by atoms with Crippen LogP contribution in [-0.4, -0.2) is 95.6 Å². The highest BCUT2D eigenvalue weighted by molar-refractivity contribution is 6.38. The van der Waals surface area contributed by atoms with Gasteiger partial charge in [-0.1, -0.05) is 86.6 Å². The van der Waals surface area contributed by atoms with Crippen molar-refractivity contribution in [2.24, 2.45) is 22.7 Å². The van der Waals surface area contributed by atoms with Gasteiger partial charge in [-0.05, 0) is 48.3 Å². The average Bonchev–Trinajstić information content (AvgIpc) is 3.35. The number of hydrogen-bond donors (Lipinski definition) is 4. The van der Waals surface area contributed by atoms with Gasteiger partial charge in [0.2, 0.25) is 23.5 Å². The van der Waals surface area contributed by atoms with Gasteiger partial charge in [-0.15, -0.1) is 6.58 Å². The molecule has 0 aromatic rings. The molecule has 0 bridgehead atoms. The minimum Gasteiger partial charge on any atom is -0.346 e. The Morgan fingerprint density at radius 3 is 2.29 bits per heavy atom. The summed E-state index contributed by atoms with van der Waals surface area (Å²) in [6.45, 7) is 19.2. The number of urea groups is 1. The zero-order valence-corrected chi connectivity index (χ0v) is 31.0. The number of unbranched alkanes of at least 4 members (excludes halogenated alkanes) is 4. The molecule has 0 radical (unpaired) electrons. The molecule has 3 rings (SSSR count). The molecule has 1 saturated carbocycles. The summed E-state index contributed by atoms with van der Waals surface area (Å²) in [6, 6.07) is -3.57. The van der Waals surface area contributed by atoms with Crippen molar-refractivity contribution in [2.45, 2.75) is 137 Å². The zero-order chi connectivity index (χ0) is 36.5. The Balaban J connectivity index is 1.74. The molecule has 4 N–H and O–H groups in total.